The fourth-order valence-corrected chi connectivity index (χ4v) is 3.60. The maximum absolute atomic E-state index is 13.8. The largest absolute Gasteiger partial charge is 0.378 e. The molecule has 1 N–H and O–H groups in total. The Balaban J connectivity index is 1.92. The minimum Gasteiger partial charge on any atom is -0.378 e. The highest BCUT2D eigenvalue weighted by molar-refractivity contribution is 7.99. The second-order valence-corrected chi connectivity index (χ2v) is 5.91. The summed E-state index contributed by atoms with van der Waals surface area (Å²) < 4.78 is 13.8. The maximum Gasteiger partial charge on any atom is 0.137 e. The van der Waals surface area contributed by atoms with E-state index in [1.807, 2.05) is 18.2 Å². The molecule has 0 spiro atoms. The molecule has 2 aromatic rings. The van der Waals surface area contributed by atoms with E-state index in [1.54, 1.807) is 23.9 Å². The highest BCUT2D eigenvalue weighted by Gasteiger charge is 2.23. The third kappa shape index (κ3) is 2.47. The first-order chi connectivity index (χ1) is 9.25. The van der Waals surface area contributed by atoms with Gasteiger partial charge in [-0.3, -0.25) is 0 Å². The van der Waals surface area contributed by atoms with Gasteiger partial charge in [0.25, 0.3) is 0 Å². The Kier molecular flexibility index (Phi) is 3.47. The van der Waals surface area contributed by atoms with E-state index in [-0.39, 0.29) is 11.9 Å². The van der Waals surface area contributed by atoms with Crippen LogP contribution < -0.4 is 5.32 Å². The van der Waals surface area contributed by atoms with Gasteiger partial charge in [0.05, 0.1) is 6.04 Å². The second kappa shape index (κ2) is 5.25. The molecule has 1 unspecified atom stereocenters. The van der Waals surface area contributed by atoms with Crippen LogP contribution in [0, 0.1) is 12.7 Å². The van der Waals surface area contributed by atoms with Crippen LogP contribution in [-0.4, -0.2) is 5.75 Å². The number of rotatable bonds is 2. The van der Waals surface area contributed by atoms with Crippen molar-refractivity contribution in [1.29, 1.82) is 0 Å². The highest BCUT2D eigenvalue weighted by atomic mass is 32.2. The number of halogens is 1. The molecule has 1 nitrogen and oxygen atoms in total. The van der Waals surface area contributed by atoms with E-state index < -0.39 is 0 Å². The molecule has 0 saturated heterocycles. The summed E-state index contributed by atoms with van der Waals surface area (Å²) in [5, 5.41) is 3.55. The quantitative estimate of drug-likeness (QED) is 0.844. The predicted molar refractivity (Wildman–Crippen MR) is 79.3 cm³/mol. The molecule has 3 heteroatoms. The number of benzene rings is 2. The van der Waals surface area contributed by atoms with Gasteiger partial charge >= 0.3 is 0 Å². The van der Waals surface area contributed by atoms with Gasteiger partial charge in [0, 0.05) is 16.3 Å². The third-order valence-electron chi connectivity index (χ3n) is 3.50. The molecule has 2 aromatic carbocycles. The minimum atomic E-state index is -0.0983. The van der Waals surface area contributed by atoms with Crippen molar-refractivity contribution in [3.8, 4) is 0 Å². The summed E-state index contributed by atoms with van der Waals surface area (Å²) in [6.45, 7) is 2.09. The Morgan fingerprint density at radius 3 is 2.84 bits per heavy atom. The summed E-state index contributed by atoms with van der Waals surface area (Å²) in [4.78, 5) is 0.805. The van der Waals surface area contributed by atoms with Crippen LogP contribution in [0.2, 0.25) is 0 Å². The van der Waals surface area contributed by atoms with Crippen LogP contribution in [-0.2, 0) is 0 Å². The van der Waals surface area contributed by atoms with Crippen molar-refractivity contribution >= 4 is 17.4 Å². The van der Waals surface area contributed by atoms with E-state index >= 15 is 0 Å². The maximum atomic E-state index is 13.8. The molecule has 1 atom stereocenters. The van der Waals surface area contributed by atoms with Gasteiger partial charge in [-0.2, -0.15) is 0 Å². The van der Waals surface area contributed by atoms with Crippen molar-refractivity contribution < 1.29 is 4.39 Å². The lowest BCUT2D eigenvalue weighted by molar-refractivity contribution is 0.585. The molecule has 0 amide bonds. The van der Waals surface area contributed by atoms with Crippen LogP contribution in [0.25, 0.3) is 0 Å². The average Bonchev–Trinajstić information content (AvgIpc) is 2.42. The lowest BCUT2D eigenvalue weighted by Gasteiger charge is -2.27. The molecule has 0 radical (unpaired) electrons. The van der Waals surface area contributed by atoms with Crippen LogP contribution in [0.15, 0.2) is 47.4 Å². The van der Waals surface area contributed by atoms with Crippen molar-refractivity contribution in [1.82, 2.24) is 0 Å². The van der Waals surface area contributed by atoms with Crippen molar-refractivity contribution in [2.24, 2.45) is 0 Å². The Morgan fingerprint density at radius 2 is 2.00 bits per heavy atom. The van der Waals surface area contributed by atoms with Crippen LogP contribution in [0.5, 0.6) is 0 Å². The number of thioether (sulfide) groups is 1. The summed E-state index contributed by atoms with van der Waals surface area (Å²) in [5.74, 6) is 0.857. The van der Waals surface area contributed by atoms with Gasteiger partial charge in [-0.05, 0) is 36.6 Å². The number of hydrogen-bond acceptors (Lipinski definition) is 2. The smallest absolute Gasteiger partial charge is 0.137 e. The van der Waals surface area contributed by atoms with Gasteiger partial charge in [0.15, 0.2) is 0 Å². The summed E-state index contributed by atoms with van der Waals surface area (Å²) >= 11 is 1.62. The standard InChI is InChI=1S/C16H16FNS/c1-11-5-2-3-8-14(11)18-15-9-10-19-16-12(15)6-4-7-13(16)17/h2-8,15,18H,9-10H2,1H3. The lowest BCUT2D eigenvalue weighted by Crippen LogP contribution is -2.17. The Morgan fingerprint density at radius 1 is 1.16 bits per heavy atom. The summed E-state index contributed by atoms with van der Waals surface area (Å²) in [6, 6.07) is 13.8. The monoisotopic (exact) mass is 273 g/mol. The number of hydrogen-bond donors (Lipinski definition) is 1. The van der Waals surface area contributed by atoms with Crippen molar-refractivity contribution in [2.75, 3.05) is 11.1 Å². The van der Waals surface area contributed by atoms with Crippen LogP contribution in [0.1, 0.15) is 23.6 Å². The van der Waals surface area contributed by atoms with Gasteiger partial charge in [-0.1, -0.05) is 30.3 Å². The Bertz CT molecular complexity index is 597. The zero-order valence-electron chi connectivity index (χ0n) is 10.8. The fourth-order valence-electron chi connectivity index (χ4n) is 2.46. The average molecular weight is 273 g/mol. The molecule has 0 fully saturated rings. The molecular weight excluding hydrogens is 257 g/mol. The number of para-hydroxylation sites is 1. The molecule has 3 rings (SSSR count). The molecule has 1 aliphatic rings. The van der Waals surface area contributed by atoms with E-state index in [0.717, 1.165) is 28.3 Å². The number of fused-ring (bicyclic) bond motifs is 1. The van der Waals surface area contributed by atoms with E-state index in [2.05, 4.69) is 24.4 Å². The van der Waals surface area contributed by atoms with Crippen molar-refractivity contribution in [3.05, 3.63) is 59.4 Å². The Hall–Kier alpha value is -1.48. The lowest BCUT2D eigenvalue weighted by atomic mass is 10.0. The molecule has 0 saturated carbocycles. The first-order valence-electron chi connectivity index (χ1n) is 6.49. The molecule has 19 heavy (non-hydrogen) atoms. The first kappa shape index (κ1) is 12.5. The molecule has 0 aliphatic carbocycles. The van der Waals surface area contributed by atoms with Gasteiger partial charge in [-0.25, -0.2) is 4.39 Å². The van der Waals surface area contributed by atoms with E-state index in [0.29, 0.717) is 0 Å². The fraction of sp³-hybridized carbons (Fsp3) is 0.250. The van der Waals surface area contributed by atoms with Crippen LogP contribution in [0.3, 0.4) is 0 Å². The highest BCUT2D eigenvalue weighted by Crippen LogP contribution is 2.39. The third-order valence-corrected chi connectivity index (χ3v) is 4.66. The second-order valence-electron chi connectivity index (χ2n) is 4.81. The molecular formula is C16H16FNS. The molecule has 98 valence electrons. The Labute approximate surface area is 117 Å². The van der Waals surface area contributed by atoms with Crippen LogP contribution in [0.4, 0.5) is 10.1 Å². The van der Waals surface area contributed by atoms with Gasteiger partial charge < -0.3 is 5.32 Å². The van der Waals surface area contributed by atoms with Crippen molar-refractivity contribution in [2.45, 2.75) is 24.3 Å². The predicted octanol–water partition coefficient (Wildman–Crippen LogP) is 4.78. The van der Waals surface area contributed by atoms with Crippen LogP contribution >= 0.6 is 11.8 Å². The SMILES string of the molecule is Cc1ccccc1NC1CCSc2c(F)cccc21. The van der Waals surface area contributed by atoms with E-state index in [9.17, 15) is 4.39 Å². The van der Waals surface area contributed by atoms with Gasteiger partial charge in [0.1, 0.15) is 5.82 Å². The molecule has 0 bridgehead atoms. The van der Waals surface area contributed by atoms with Crippen molar-refractivity contribution in [3.63, 3.8) is 0 Å². The number of nitrogens with one attached hydrogen (secondary N) is 1. The zero-order valence-corrected chi connectivity index (χ0v) is 11.6. The van der Waals surface area contributed by atoms with E-state index in [1.165, 1.54) is 5.56 Å². The molecule has 0 aromatic heterocycles. The molecule has 1 heterocycles. The number of anilines is 1. The summed E-state index contributed by atoms with van der Waals surface area (Å²) in [5.41, 5.74) is 3.44. The topological polar surface area (TPSA) is 12.0 Å². The summed E-state index contributed by atoms with van der Waals surface area (Å²) in [7, 11) is 0. The first-order valence-corrected chi connectivity index (χ1v) is 7.47. The zero-order chi connectivity index (χ0) is 13.2. The number of aryl methyl sites for hydroxylation is 1. The van der Waals surface area contributed by atoms with E-state index in [4.69, 9.17) is 0 Å². The van der Waals surface area contributed by atoms with Gasteiger partial charge in [0.2, 0.25) is 0 Å². The molecule has 1 aliphatic heterocycles. The van der Waals surface area contributed by atoms with Gasteiger partial charge in [-0.15, -0.1) is 11.8 Å². The normalized spacial score (nSPS) is 17.9. The summed E-state index contributed by atoms with van der Waals surface area (Å²) in [6.07, 6.45) is 1.02. The minimum absolute atomic E-state index is 0.0983.